The summed E-state index contributed by atoms with van der Waals surface area (Å²) in [7, 11) is 0. The van der Waals surface area contributed by atoms with Crippen molar-refractivity contribution in [1.82, 2.24) is 14.5 Å². The molecule has 0 spiro atoms. The number of amides is 1. The van der Waals surface area contributed by atoms with Gasteiger partial charge >= 0.3 is 0 Å². The summed E-state index contributed by atoms with van der Waals surface area (Å²) >= 11 is 0. The van der Waals surface area contributed by atoms with Gasteiger partial charge in [-0.2, -0.15) is 0 Å². The highest BCUT2D eigenvalue weighted by molar-refractivity contribution is 6.01. The van der Waals surface area contributed by atoms with E-state index < -0.39 is 0 Å². The molecule has 158 valence electrons. The Labute approximate surface area is 178 Å². The van der Waals surface area contributed by atoms with E-state index in [1.165, 1.54) is 10.9 Å². The number of piperidine rings is 1. The molecule has 0 bridgehead atoms. The topological polar surface area (TPSA) is 77.6 Å². The normalized spacial score (nSPS) is 16.6. The molecule has 2 aromatic carbocycles. The summed E-state index contributed by atoms with van der Waals surface area (Å²) in [5, 5.41) is 0.797. The summed E-state index contributed by atoms with van der Waals surface area (Å²) in [6.07, 6.45) is 3.37. The number of carbonyl (C=O) groups excluding carboxylic acids is 1. The second-order valence-corrected chi connectivity index (χ2v) is 7.93. The average Bonchev–Trinajstić information content (AvgIpc) is 3.20. The molecule has 7 nitrogen and oxygen atoms in total. The van der Waals surface area contributed by atoms with Crippen molar-refractivity contribution in [2.75, 3.05) is 19.7 Å². The van der Waals surface area contributed by atoms with Crippen molar-refractivity contribution in [3.8, 4) is 5.75 Å². The minimum Gasteiger partial charge on any atom is -0.493 e. The second-order valence-electron chi connectivity index (χ2n) is 7.93. The number of nitrogens with zero attached hydrogens (tertiary/aromatic N) is 3. The molecule has 31 heavy (non-hydrogen) atoms. The van der Waals surface area contributed by atoms with Gasteiger partial charge in [0, 0.05) is 24.4 Å². The first-order valence-electron chi connectivity index (χ1n) is 10.5. The first-order chi connectivity index (χ1) is 15.2. The second kappa shape index (κ2) is 8.26. The van der Waals surface area contributed by atoms with Gasteiger partial charge in [-0.15, -0.1) is 0 Å². The fourth-order valence-electron chi connectivity index (χ4n) is 4.13. The van der Waals surface area contributed by atoms with Crippen LogP contribution in [0.25, 0.3) is 22.1 Å². The number of rotatable bonds is 5. The van der Waals surface area contributed by atoms with Crippen molar-refractivity contribution >= 4 is 28.0 Å². The molecule has 0 radical (unpaired) electrons. The van der Waals surface area contributed by atoms with E-state index >= 15 is 0 Å². The molecule has 2 aromatic heterocycles. The van der Waals surface area contributed by atoms with E-state index in [1.54, 1.807) is 6.07 Å². The molecule has 1 amide bonds. The summed E-state index contributed by atoms with van der Waals surface area (Å²) in [5.74, 6) is 1.01. The molecule has 0 N–H and O–H groups in total. The Balaban J connectivity index is 1.28. The van der Waals surface area contributed by atoms with Gasteiger partial charge in [0.1, 0.15) is 23.4 Å². The van der Waals surface area contributed by atoms with Crippen LogP contribution < -0.4 is 10.3 Å². The standard InChI is InChI=1S/C24H23N3O4/c28-21(26-12-6-7-17(13-26)15-30-18-8-2-1-3-9-18)14-27-16-25-22-19-10-4-5-11-20(19)31-23(22)24(27)29/h1-5,8-11,16-17H,6-7,12-15H2. The van der Waals surface area contributed by atoms with E-state index in [2.05, 4.69) is 4.98 Å². The average molecular weight is 417 g/mol. The zero-order chi connectivity index (χ0) is 21.2. The van der Waals surface area contributed by atoms with Crippen molar-refractivity contribution in [1.29, 1.82) is 0 Å². The molecule has 1 aliphatic heterocycles. The molecule has 0 saturated carbocycles. The molecular formula is C24H23N3O4. The Bertz CT molecular complexity index is 1280. The SMILES string of the molecule is O=C(Cn1cnc2c(oc3ccccc32)c1=O)N1CCCC(COc2ccccc2)C1. The van der Waals surface area contributed by atoms with Gasteiger partial charge in [-0.25, -0.2) is 4.98 Å². The smallest absolute Gasteiger partial charge is 0.297 e. The number of ether oxygens (including phenoxy) is 1. The highest BCUT2D eigenvalue weighted by Crippen LogP contribution is 2.24. The van der Waals surface area contributed by atoms with Gasteiger partial charge in [0.2, 0.25) is 11.5 Å². The number of likely N-dealkylation sites (tertiary alicyclic amines) is 1. The Kier molecular flexibility index (Phi) is 5.16. The lowest BCUT2D eigenvalue weighted by molar-refractivity contribution is -0.133. The number of aromatic nitrogens is 2. The Morgan fingerprint density at radius 2 is 1.94 bits per heavy atom. The first-order valence-corrected chi connectivity index (χ1v) is 10.5. The minimum absolute atomic E-state index is 0.0505. The Hall–Kier alpha value is -3.61. The van der Waals surface area contributed by atoms with E-state index in [1.807, 2.05) is 53.4 Å². The number of hydrogen-bond acceptors (Lipinski definition) is 5. The van der Waals surface area contributed by atoms with Crippen molar-refractivity contribution in [2.45, 2.75) is 19.4 Å². The predicted octanol–water partition coefficient (Wildman–Crippen LogP) is 3.46. The van der Waals surface area contributed by atoms with E-state index in [0.717, 1.165) is 24.0 Å². The molecule has 0 aliphatic carbocycles. The van der Waals surface area contributed by atoms with Crippen molar-refractivity contribution in [3.63, 3.8) is 0 Å². The van der Waals surface area contributed by atoms with E-state index in [9.17, 15) is 9.59 Å². The molecule has 1 saturated heterocycles. The largest absolute Gasteiger partial charge is 0.493 e. The number of fused-ring (bicyclic) bond motifs is 3. The first kappa shape index (κ1) is 19.4. The van der Waals surface area contributed by atoms with E-state index in [4.69, 9.17) is 9.15 Å². The van der Waals surface area contributed by atoms with Crippen LogP contribution in [0.15, 0.2) is 70.1 Å². The van der Waals surface area contributed by atoms with Gasteiger partial charge in [-0.1, -0.05) is 30.3 Å². The predicted molar refractivity (Wildman–Crippen MR) is 117 cm³/mol. The monoisotopic (exact) mass is 417 g/mol. The quantitative estimate of drug-likeness (QED) is 0.497. The summed E-state index contributed by atoms with van der Waals surface area (Å²) in [6.45, 7) is 1.84. The van der Waals surface area contributed by atoms with Gasteiger partial charge in [0.25, 0.3) is 5.56 Å². The number of hydrogen-bond donors (Lipinski definition) is 0. The Morgan fingerprint density at radius 1 is 1.13 bits per heavy atom. The lowest BCUT2D eigenvalue weighted by atomic mass is 9.99. The maximum absolute atomic E-state index is 12.9. The third kappa shape index (κ3) is 3.91. The fraction of sp³-hybridized carbons (Fsp3) is 0.292. The summed E-state index contributed by atoms with van der Waals surface area (Å²) in [6, 6.07) is 17.1. The van der Waals surface area contributed by atoms with Gasteiger partial charge in [-0.3, -0.25) is 14.2 Å². The summed E-state index contributed by atoms with van der Waals surface area (Å²) in [5.41, 5.74) is 0.990. The van der Waals surface area contributed by atoms with Gasteiger partial charge < -0.3 is 14.1 Å². The third-order valence-corrected chi connectivity index (χ3v) is 5.76. The molecule has 4 aromatic rings. The zero-order valence-corrected chi connectivity index (χ0v) is 17.1. The van der Waals surface area contributed by atoms with Crippen LogP contribution in [0.1, 0.15) is 12.8 Å². The molecule has 1 atom stereocenters. The van der Waals surface area contributed by atoms with Crippen LogP contribution in [-0.2, 0) is 11.3 Å². The highest BCUT2D eigenvalue weighted by Gasteiger charge is 2.25. The van der Waals surface area contributed by atoms with Crippen LogP contribution >= 0.6 is 0 Å². The molecule has 3 heterocycles. The molecule has 1 aliphatic rings. The van der Waals surface area contributed by atoms with Gasteiger partial charge in [-0.05, 0) is 37.1 Å². The van der Waals surface area contributed by atoms with Crippen LogP contribution in [0.3, 0.4) is 0 Å². The van der Waals surface area contributed by atoms with Crippen LogP contribution in [0.4, 0.5) is 0 Å². The molecular weight excluding hydrogens is 394 g/mol. The Morgan fingerprint density at radius 3 is 2.81 bits per heavy atom. The zero-order valence-electron chi connectivity index (χ0n) is 17.1. The van der Waals surface area contributed by atoms with Gasteiger partial charge in [0.05, 0.1) is 12.9 Å². The van der Waals surface area contributed by atoms with Crippen LogP contribution in [0.2, 0.25) is 0 Å². The van der Waals surface area contributed by atoms with Crippen LogP contribution in [0, 0.1) is 5.92 Å². The summed E-state index contributed by atoms with van der Waals surface area (Å²) in [4.78, 5) is 32.0. The number of para-hydroxylation sites is 2. The van der Waals surface area contributed by atoms with Crippen molar-refractivity contribution in [3.05, 3.63) is 71.3 Å². The lowest BCUT2D eigenvalue weighted by Crippen LogP contribution is -2.44. The third-order valence-electron chi connectivity index (χ3n) is 5.76. The minimum atomic E-state index is -0.337. The van der Waals surface area contributed by atoms with Crippen molar-refractivity contribution < 1.29 is 13.9 Å². The molecule has 1 unspecified atom stereocenters. The van der Waals surface area contributed by atoms with Crippen LogP contribution in [-0.4, -0.2) is 40.1 Å². The summed E-state index contributed by atoms with van der Waals surface area (Å²) < 4.78 is 12.9. The molecule has 1 fully saturated rings. The maximum atomic E-state index is 12.9. The molecule has 5 rings (SSSR count). The van der Waals surface area contributed by atoms with Crippen LogP contribution in [0.5, 0.6) is 5.75 Å². The number of carbonyl (C=O) groups is 1. The van der Waals surface area contributed by atoms with E-state index in [-0.39, 0.29) is 29.5 Å². The van der Waals surface area contributed by atoms with Crippen molar-refractivity contribution in [2.24, 2.45) is 5.92 Å². The van der Waals surface area contributed by atoms with E-state index in [0.29, 0.717) is 30.8 Å². The van der Waals surface area contributed by atoms with Gasteiger partial charge in [0.15, 0.2) is 0 Å². The maximum Gasteiger partial charge on any atom is 0.297 e. The highest BCUT2D eigenvalue weighted by atomic mass is 16.5. The molecule has 7 heteroatoms. The number of benzene rings is 2. The lowest BCUT2D eigenvalue weighted by Gasteiger charge is -2.32. The fourth-order valence-corrected chi connectivity index (χ4v) is 4.13. The number of furan rings is 1.